The molecule has 2 aromatic carbocycles. The molecule has 1 aliphatic rings. The monoisotopic (exact) mass is 304 g/mol. The molecule has 116 valence electrons. The van der Waals surface area contributed by atoms with E-state index >= 15 is 0 Å². The largest absolute Gasteiger partial charge is 0.347 e. The van der Waals surface area contributed by atoms with Gasteiger partial charge in [-0.1, -0.05) is 36.4 Å². The van der Waals surface area contributed by atoms with Crippen LogP contribution in [0.4, 0.5) is 5.69 Å². The lowest BCUT2D eigenvalue weighted by Crippen LogP contribution is -2.35. The lowest BCUT2D eigenvalue weighted by atomic mass is 10.1. The van der Waals surface area contributed by atoms with Crippen LogP contribution in [0.2, 0.25) is 0 Å². The van der Waals surface area contributed by atoms with Gasteiger partial charge in [-0.3, -0.25) is 4.79 Å². The Bertz CT molecular complexity index is 894. The number of benzene rings is 2. The van der Waals surface area contributed by atoms with Crippen LogP contribution in [0, 0.1) is 0 Å². The Hall–Kier alpha value is -2.55. The van der Waals surface area contributed by atoms with Gasteiger partial charge < -0.3 is 9.47 Å². The Morgan fingerprint density at radius 2 is 1.87 bits per heavy atom. The van der Waals surface area contributed by atoms with Gasteiger partial charge in [-0.2, -0.15) is 0 Å². The number of hydrogen-bond donors (Lipinski definition) is 0. The number of anilines is 1. The first-order valence-electron chi connectivity index (χ1n) is 8.20. The fourth-order valence-corrected chi connectivity index (χ4v) is 3.68. The maximum Gasteiger partial charge on any atom is 0.260 e. The molecule has 0 bridgehead atoms. The maximum absolute atomic E-state index is 13.3. The molecule has 0 saturated carbocycles. The number of aryl methyl sites for hydroxylation is 1. The van der Waals surface area contributed by atoms with E-state index in [-0.39, 0.29) is 11.9 Å². The number of carbonyl (C=O) groups excluding carboxylic acids is 1. The van der Waals surface area contributed by atoms with Crippen molar-refractivity contribution in [3.05, 3.63) is 65.9 Å². The molecule has 0 aliphatic carbocycles. The minimum absolute atomic E-state index is 0.103. The van der Waals surface area contributed by atoms with Crippen molar-refractivity contribution < 1.29 is 4.79 Å². The number of para-hydroxylation sites is 2. The van der Waals surface area contributed by atoms with Gasteiger partial charge in [0.05, 0.1) is 5.56 Å². The molecular weight excluding hydrogens is 284 g/mol. The first-order valence-corrected chi connectivity index (χ1v) is 8.20. The second-order valence-corrected chi connectivity index (χ2v) is 6.20. The second-order valence-electron chi connectivity index (χ2n) is 6.20. The Labute approximate surface area is 136 Å². The topological polar surface area (TPSA) is 25.2 Å². The lowest BCUT2D eigenvalue weighted by Gasteiger charge is -2.22. The average Bonchev–Trinajstić information content (AvgIpc) is 3.11. The van der Waals surface area contributed by atoms with E-state index < -0.39 is 0 Å². The van der Waals surface area contributed by atoms with Crippen molar-refractivity contribution in [1.82, 2.24) is 4.57 Å². The predicted octanol–water partition coefficient (Wildman–Crippen LogP) is 4.25. The van der Waals surface area contributed by atoms with Gasteiger partial charge in [0.2, 0.25) is 0 Å². The summed E-state index contributed by atoms with van der Waals surface area (Å²) < 4.78 is 2.15. The van der Waals surface area contributed by atoms with Crippen molar-refractivity contribution in [1.29, 1.82) is 0 Å². The maximum atomic E-state index is 13.3. The minimum atomic E-state index is 0.103. The zero-order valence-electron chi connectivity index (χ0n) is 13.5. The Kier molecular flexibility index (Phi) is 3.22. The fourth-order valence-electron chi connectivity index (χ4n) is 3.68. The third kappa shape index (κ3) is 2.07. The van der Waals surface area contributed by atoms with Gasteiger partial charge in [0.15, 0.2) is 0 Å². The van der Waals surface area contributed by atoms with E-state index in [1.807, 2.05) is 41.4 Å². The minimum Gasteiger partial charge on any atom is -0.347 e. The Morgan fingerprint density at radius 1 is 1.13 bits per heavy atom. The van der Waals surface area contributed by atoms with Crippen molar-refractivity contribution in [3.63, 3.8) is 0 Å². The zero-order valence-corrected chi connectivity index (χ0v) is 13.5. The van der Waals surface area contributed by atoms with Crippen LogP contribution in [0.25, 0.3) is 10.9 Å². The Morgan fingerprint density at radius 3 is 2.70 bits per heavy atom. The summed E-state index contributed by atoms with van der Waals surface area (Å²) in [5.41, 5.74) is 4.23. The number of nitrogens with zero attached hydrogens (tertiary/aromatic N) is 2. The van der Waals surface area contributed by atoms with Crippen LogP contribution >= 0.6 is 0 Å². The van der Waals surface area contributed by atoms with E-state index in [2.05, 4.69) is 36.6 Å². The molecule has 0 radical (unpaired) electrons. The van der Waals surface area contributed by atoms with E-state index in [0.29, 0.717) is 0 Å². The van der Waals surface area contributed by atoms with Crippen LogP contribution in [-0.4, -0.2) is 16.5 Å². The molecule has 3 heteroatoms. The molecule has 3 nitrogen and oxygen atoms in total. The van der Waals surface area contributed by atoms with Crippen molar-refractivity contribution in [2.24, 2.45) is 0 Å². The molecule has 23 heavy (non-hydrogen) atoms. The number of amides is 1. The molecule has 0 fully saturated rings. The number of hydrogen-bond acceptors (Lipinski definition) is 1. The van der Waals surface area contributed by atoms with Crippen molar-refractivity contribution in [2.75, 3.05) is 4.90 Å². The molecular formula is C20H20N2O. The van der Waals surface area contributed by atoms with Gasteiger partial charge >= 0.3 is 0 Å². The van der Waals surface area contributed by atoms with E-state index in [0.717, 1.165) is 35.1 Å². The molecule has 1 aliphatic heterocycles. The first-order chi connectivity index (χ1) is 11.2. The standard InChI is InChI=1S/C20H20N2O/c1-3-21-13-17(16-9-5-7-11-19(16)21)20(23)22-14(2)12-15-8-4-6-10-18(15)22/h4-11,13-14H,3,12H2,1-2H3. The summed E-state index contributed by atoms with van der Waals surface area (Å²) in [6.45, 7) is 5.09. The average molecular weight is 304 g/mol. The summed E-state index contributed by atoms with van der Waals surface area (Å²) in [6.07, 6.45) is 2.93. The highest BCUT2D eigenvalue weighted by molar-refractivity contribution is 6.15. The van der Waals surface area contributed by atoms with Gasteiger partial charge in [0.25, 0.3) is 5.91 Å². The summed E-state index contributed by atoms with van der Waals surface area (Å²) in [6, 6.07) is 16.6. The predicted molar refractivity (Wildman–Crippen MR) is 94.0 cm³/mol. The van der Waals surface area contributed by atoms with Crippen molar-refractivity contribution in [2.45, 2.75) is 32.9 Å². The third-order valence-electron chi connectivity index (χ3n) is 4.79. The van der Waals surface area contributed by atoms with Crippen LogP contribution in [0.15, 0.2) is 54.7 Å². The van der Waals surface area contributed by atoms with E-state index in [9.17, 15) is 4.79 Å². The summed E-state index contributed by atoms with van der Waals surface area (Å²) in [7, 11) is 0. The number of carbonyl (C=O) groups is 1. The molecule has 0 spiro atoms. The van der Waals surface area contributed by atoms with Crippen LogP contribution in [-0.2, 0) is 13.0 Å². The van der Waals surface area contributed by atoms with Gasteiger partial charge in [0, 0.05) is 35.4 Å². The molecule has 0 N–H and O–H groups in total. The van der Waals surface area contributed by atoms with Crippen molar-refractivity contribution in [3.8, 4) is 0 Å². The van der Waals surface area contributed by atoms with Crippen LogP contribution < -0.4 is 4.90 Å². The number of aromatic nitrogens is 1. The van der Waals surface area contributed by atoms with E-state index in [4.69, 9.17) is 0 Å². The highest BCUT2D eigenvalue weighted by Gasteiger charge is 2.32. The lowest BCUT2D eigenvalue weighted by molar-refractivity contribution is 0.0983. The van der Waals surface area contributed by atoms with Gasteiger partial charge in [-0.15, -0.1) is 0 Å². The molecule has 1 unspecified atom stereocenters. The summed E-state index contributed by atoms with van der Waals surface area (Å²) in [5.74, 6) is 0.103. The zero-order chi connectivity index (χ0) is 16.0. The summed E-state index contributed by atoms with van der Waals surface area (Å²) in [5, 5.41) is 1.04. The van der Waals surface area contributed by atoms with Gasteiger partial charge in [0.1, 0.15) is 0 Å². The molecule has 4 rings (SSSR count). The molecule has 0 saturated heterocycles. The van der Waals surface area contributed by atoms with Gasteiger partial charge in [-0.05, 0) is 38.0 Å². The fraction of sp³-hybridized carbons (Fsp3) is 0.250. The van der Waals surface area contributed by atoms with E-state index in [1.165, 1.54) is 5.56 Å². The molecule has 1 atom stereocenters. The van der Waals surface area contributed by atoms with Crippen LogP contribution in [0.3, 0.4) is 0 Å². The number of rotatable bonds is 2. The molecule has 1 aromatic heterocycles. The van der Waals surface area contributed by atoms with Crippen LogP contribution in [0.1, 0.15) is 29.8 Å². The molecule has 1 amide bonds. The first kappa shape index (κ1) is 14.1. The third-order valence-corrected chi connectivity index (χ3v) is 4.79. The molecule has 3 aromatic rings. The second kappa shape index (κ2) is 5.27. The summed E-state index contributed by atoms with van der Waals surface area (Å²) >= 11 is 0. The number of fused-ring (bicyclic) bond motifs is 2. The summed E-state index contributed by atoms with van der Waals surface area (Å²) in [4.78, 5) is 15.2. The van der Waals surface area contributed by atoms with E-state index in [1.54, 1.807) is 0 Å². The van der Waals surface area contributed by atoms with Crippen molar-refractivity contribution >= 4 is 22.5 Å². The smallest absolute Gasteiger partial charge is 0.260 e. The molecule has 2 heterocycles. The Balaban J connectivity index is 1.84. The quantitative estimate of drug-likeness (QED) is 0.694. The highest BCUT2D eigenvalue weighted by atomic mass is 16.2. The van der Waals surface area contributed by atoms with Crippen LogP contribution in [0.5, 0.6) is 0 Å². The van der Waals surface area contributed by atoms with Gasteiger partial charge in [-0.25, -0.2) is 0 Å². The SMILES string of the molecule is CCn1cc(C(=O)N2c3ccccc3CC2C)c2ccccc21. The highest BCUT2D eigenvalue weighted by Crippen LogP contribution is 2.34. The normalized spacial score (nSPS) is 16.8.